The molecule has 1 N–H and O–H groups in total. The van der Waals surface area contributed by atoms with Crippen LogP contribution >= 0.6 is 0 Å². The Morgan fingerprint density at radius 3 is 2.73 bits per heavy atom. The Kier molecular flexibility index (Phi) is 6.75. The summed E-state index contributed by atoms with van der Waals surface area (Å²) in [6.45, 7) is 5.42. The summed E-state index contributed by atoms with van der Waals surface area (Å²) in [7, 11) is 1.16. The molecule has 1 aliphatic rings. The van der Waals surface area contributed by atoms with Crippen molar-refractivity contribution in [3.05, 3.63) is 24.7 Å². The van der Waals surface area contributed by atoms with Gasteiger partial charge >= 0.3 is 6.61 Å². The number of anilines is 2. The number of morpholine rings is 1. The number of alkyl halides is 2. The van der Waals surface area contributed by atoms with Crippen LogP contribution in [0.1, 0.15) is 13.8 Å². The fourth-order valence-corrected chi connectivity index (χ4v) is 2.47. The molecule has 1 fully saturated rings. The van der Waals surface area contributed by atoms with Crippen molar-refractivity contribution in [1.29, 1.82) is 0 Å². The maximum absolute atomic E-state index is 14.0. The average Bonchev–Trinajstić information content (AvgIpc) is 2.54. The highest BCUT2D eigenvalue weighted by atomic mass is 19.3. The van der Waals surface area contributed by atoms with E-state index in [1.807, 2.05) is 18.7 Å². The molecule has 0 unspecified atom stereocenters. The maximum Gasteiger partial charge on any atom is 0.366 e. The van der Waals surface area contributed by atoms with E-state index in [4.69, 9.17) is 4.74 Å². The van der Waals surface area contributed by atoms with Gasteiger partial charge in [-0.2, -0.15) is 23.8 Å². The first-order chi connectivity index (χ1) is 12.3. The van der Waals surface area contributed by atoms with Gasteiger partial charge in [0.25, 0.3) is 0 Å². The number of hydrazone groups is 1. The third-order valence-corrected chi connectivity index (χ3v) is 3.35. The molecule has 0 spiro atoms. The van der Waals surface area contributed by atoms with E-state index in [0.717, 1.165) is 13.2 Å². The summed E-state index contributed by atoms with van der Waals surface area (Å²) in [5, 5.41) is 6.82. The molecule has 11 heteroatoms. The largest absolute Gasteiger partial charge is 0.372 e. The molecule has 2 heterocycles. The van der Waals surface area contributed by atoms with Crippen molar-refractivity contribution in [2.75, 3.05) is 30.4 Å². The summed E-state index contributed by atoms with van der Waals surface area (Å²) < 4.78 is 44.1. The normalized spacial score (nSPS) is 21.0. The van der Waals surface area contributed by atoms with Crippen LogP contribution in [-0.4, -0.2) is 59.9 Å². The Morgan fingerprint density at radius 2 is 2.15 bits per heavy atom. The lowest BCUT2D eigenvalue weighted by Gasteiger charge is -2.35. The van der Waals surface area contributed by atoms with Crippen LogP contribution in [0.5, 0.6) is 0 Å². The van der Waals surface area contributed by atoms with E-state index in [1.165, 1.54) is 6.08 Å². The number of aromatic nitrogens is 2. The van der Waals surface area contributed by atoms with Gasteiger partial charge in [-0.25, -0.2) is 9.37 Å². The number of hydrogen-bond donors (Lipinski definition) is 1. The van der Waals surface area contributed by atoms with Gasteiger partial charge in [-0.05, 0) is 19.9 Å². The SMILES string of the molecule is C=C/C(=N\N(C)OC(F)F)Nc1nc(N2C[C@@H](C)O[C@@H](C)C2)ncc1F. The number of nitrogens with zero attached hydrogens (tertiary/aromatic N) is 5. The topological polar surface area (TPSA) is 75.1 Å². The number of nitrogens with one attached hydrogen (secondary N) is 1. The van der Waals surface area contributed by atoms with Crippen LogP contribution in [0.4, 0.5) is 24.9 Å². The molecule has 0 saturated carbocycles. The molecule has 1 aromatic rings. The van der Waals surface area contributed by atoms with Crippen molar-refractivity contribution in [2.24, 2.45) is 5.10 Å². The molecule has 2 rings (SSSR count). The summed E-state index contributed by atoms with van der Waals surface area (Å²) in [4.78, 5) is 14.1. The van der Waals surface area contributed by atoms with Gasteiger partial charge in [0.05, 0.1) is 25.5 Å². The predicted molar refractivity (Wildman–Crippen MR) is 90.3 cm³/mol. The molecule has 26 heavy (non-hydrogen) atoms. The number of hydrogen-bond acceptors (Lipinski definition) is 7. The third-order valence-electron chi connectivity index (χ3n) is 3.35. The van der Waals surface area contributed by atoms with Crippen LogP contribution < -0.4 is 10.2 Å². The van der Waals surface area contributed by atoms with Crippen LogP contribution in [0.15, 0.2) is 24.0 Å². The van der Waals surface area contributed by atoms with Crippen LogP contribution in [0.2, 0.25) is 0 Å². The first-order valence-electron chi connectivity index (χ1n) is 7.88. The highest BCUT2D eigenvalue weighted by Crippen LogP contribution is 2.19. The minimum absolute atomic E-state index is 0.0192. The van der Waals surface area contributed by atoms with Gasteiger partial charge < -0.3 is 15.0 Å². The number of amidine groups is 1. The van der Waals surface area contributed by atoms with Crippen molar-refractivity contribution < 1.29 is 22.7 Å². The Balaban J connectivity index is 2.18. The van der Waals surface area contributed by atoms with Crippen molar-refractivity contribution in [3.63, 3.8) is 0 Å². The van der Waals surface area contributed by atoms with Crippen molar-refractivity contribution in [1.82, 2.24) is 15.1 Å². The summed E-state index contributed by atoms with van der Waals surface area (Å²) in [5.41, 5.74) is 0. The second kappa shape index (κ2) is 8.81. The lowest BCUT2D eigenvalue weighted by atomic mass is 10.2. The fourth-order valence-electron chi connectivity index (χ4n) is 2.47. The molecule has 0 aliphatic carbocycles. The van der Waals surface area contributed by atoms with E-state index in [1.54, 1.807) is 0 Å². The van der Waals surface area contributed by atoms with E-state index >= 15 is 0 Å². The van der Waals surface area contributed by atoms with Crippen molar-refractivity contribution in [2.45, 2.75) is 32.7 Å². The molecule has 0 radical (unpaired) electrons. The Hall–Kier alpha value is -2.40. The zero-order valence-corrected chi connectivity index (χ0v) is 14.7. The zero-order chi connectivity index (χ0) is 19.3. The quantitative estimate of drug-likeness (QED) is 0.465. The smallest absolute Gasteiger partial charge is 0.366 e. The molecule has 1 saturated heterocycles. The molecule has 0 bridgehead atoms. The second-order valence-electron chi connectivity index (χ2n) is 5.67. The molecule has 8 nitrogen and oxygen atoms in total. The van der Waals surface area contributed by atoms with Gasteiger partial charge in [0, 0.05) is 13.1 Å². The van der Waals surface area contributed by atoms with Crippen LogP contribution in [0, 0.1) is 5.82 Å². The number of halogens is 3. The third kappa shape index (κ3) is 5.56. The van der Waals surface area contributed by atoms with Crippen LogP contribution in [-0.2, 0) is 9.57 Å². The predicted octanol–water partition coefficient (Wildman–Crippen LogP) is 2.23. The molecule has 0 aromatic carbocycles. The van der Waals surface area contributed by atoms with E-state index in [-0.39, 0.29) is 23.9 Å². The fraction of sp³-hybridized carbons (Fsp3) is 0.533. The summed E-state index contributed by atoms with van der Waals surface area (Å²) >= 11 is 0. The molecule has 1 aliphatic heterocycles. The van der Waals surface area contributed by atoms with Gasteiger partial charge in [0.1, 0.15) is 0 Å². The van der Waals surface area contributed by atoms with Gasteiger partial charge in [0.2, 0.25) is 5.95 Å². The van der Waals surface area contributed by atoms with E-state index in [0.29, 0.717) is 24.2 Å². The molecule has 2 atom stereocenters. The summed E-state index contributed by atoms with van der Waals surface area (Å²) in [6, 6.07) is 0. The van der Waals surface area contributed by atoms with Gasteiger partial charge in [0.15, 0.2) is 17.5 Å². The molecule has 1 aromatic heterocycles. The highest BCUT2D eigenvalue weighted by Gasteiger charge is 2.25. The van der Waals surface area contributed by atoms with Crippen LogP contribution in [0.25, 0.3) is 0 Å². The summed E-state index contributed by atoms with van der Waals surface area (Å²) in [6.07, 6.45) is 2.20. The van der Waals surface area contributed by atoms with E-state index < -0.39 is 12.4 Å². The monoisotopic (exact) mass is 374 g/mol. The minimum Gasteiger partial charge on any atom is -0.372 e. The number of hydroxylamine groups is 1. The van der Waals surface area contributed by atoms with Crippen molar-refractivity contribution in [3.8, 4) is 0 Å². The van der Waals surface area contributed by atoms with Crippen LogP contribution in [0.3, 0.4) is 0 Å². The van der Waals surface area contributed by atoms with Gasteiger partial charge in [-0.15, -0.1) is 5.10 Å². The standard InChI is InChI=1S/C15H21F3N6O2/c1-5-12(22-23(4)26-14(17)18)20-13-11(16)6-19-15(21-13)24-7-9(2)25-10(3)8-24/h5-6,9-10,14H,1,7-8H2,2-4H3,(H,19,20,21,22)/t9-,10+. The molecule has 0 amide bonds. The number of rotatable bonds is 6. The zero-order valence-electron chi connectivity index (χ0n) is 14.7. The van der Waals surface area contributed by atoms with Gasteiger partial charge in [-0.3, -0.25) is 0 Å². The lowest BCUT2D eigenvalue weighted by molar-refractivity contribution is -0.272. The maximum atomic E-state index is 14.0. The minimum atomic E-state index is -3.04. The lowest BCUT2D eigenvalue weighted by Crippen LogP contribution is -2.46. The highest BCUT2D eigenvalue weighted by molar-refractivity contribution is 6.02. The Morgan fingerprint density at radius 1 is 1.50 bits per heavy atom. The second-order valence-corrected chi connectivity index (χ2v) is 5.67. The molecular weight excluding hydrogens is 353 g/mol. The molecular formula is C15H21F3N6O2. The first-order valence-corrected chi connectivity index (χ1v) is 7.88. The first kappa shape index (κ1) is 19.9. The Bertz CT molecular complexity index is 650. The van der Waals surface area contributed by atoms with Crippen molar-refractivity contribution >= 4 is 17.6 Å². The number of ether oxygens (including phenoxy) is 1. The van der Waals surface area contributed by atoms with Gasteiger partial charge in [-0.1, -0.05) is 6.58 Å². The molecule has 144 valence electrons. The average molecular weight is 374 g/mol. The summed E-state index contributed by atoms with van der Waals surface area (Å²) in [5.74, 6) is -0.599. The van der Waals surface area contributed by atoms with E-state index in [2.05, 4.69) is 31.8 Å². The van der Waals surface area contributed by atoms with E-state index in [9.17, 15) is 13.2 Å². The Labute approximate surface area is 149 Å².